The number of carbonyl (C=O) groups excluding carboxylic acids is 2. The van der Waals surface area contributed by atoms with Crippen LogP contribution in [0.5, 0.6) is 5.75 Å². The van der Waals surface area contributed by atoms with E-state index in [-0.39, 0.29) is 16.5 Å². The van der Waals surface area contributed by atoms with Gasteiger partial charge >= 0.3 is 5.91 Å². The molecule has 0 radical (unpaired) electrons. The molecule has 1 unspecified atom stereocenters. The molecule has 4 rings (SSSR count). The van der Waals surface area contributed by atoms with Gasteiger partial charge in [0.25, 0.3) is 5.78 Å². The molecule has 156 valence electrons. The highest BCUT2D eigenvalue weighted by Gasteiger charge is 2.48. The molecule has 0 bridgehead atoms. The van der Waals surface area contributed by atoms with Gasteiger partial charge in [0.15, 0.2) is 0 Å². The highest BCUT2D eigenvalue weighted by Crippen LogP contribution is 2.43. The van der Waals surface area contributed by atoms with Crippen LogP contribution >= 0.6 is 11.3 Å². The van der Waals surface area contributed by atoms with Crippen molar-refractivity contribution < 1.29 is 19.4 Å². The van der Waals surface area contributed by atoms with Crippen molar-refractivity contribution in [3.8, 4) is 5.75 Å². The van der Waals surface area contributed by atoms with Gasteiger partial charge in [-0.3, -0.25) is 19.5 Å². The lowest BCUT2D eigenvalue weighted by Crippen LogP contribution is -2.29. The Hall–Kier alpha value is -3.85. The van der Waals surface area contributed by atoms with Crippen LogP contribution in [0.25, 0.3) is 5.76 Å². The second-order valence-electron chi connectivity index (χ2n) is 6.68. The maximum Gasteiger partial charge on any atom is 0.301 e. The number of amides is 1. The normalized spacial score (nSPS) is 17.7. The first-order valence-corrected chi connectivity index (χ1v) is 10.2. The molecule has 1 fully saturated rings. The predicted octanol–water partition coefficient (Wildman–Crippen LogP) is 3.43. The van der Waals surface area contributed by atoms with Gasteiger partial charge in [-0.1, -0.05) is 36.1 Å². The van der Waals surface area contributed by atoms with Crippen molar-refractivity contribution in [2.75, 3.05) is 11.5 Å². The zero-order chi connectivity index (χ0) is 22.0. The summed E-state index contributed by atoms with van der Waals surface area (Å²) in [6.45, 7) is 5.73. The number of anilines is 1. The van der Waals surface area contributed by atoms with E-state index in [0.717, 1.165) is 0 Å². The van der Waals surface area contributed by atoms with Gasteiger partial charge in [-0.05, 0) is 36.8 Å². The molecule has 1 aromatic carbocycles. The second kappa shape index (κ2) is 8.49. The molecular formula is C22H18N4O4S. The van der Waals surface area contributed by atoms with Crippen LogP contribution in [0.1, 0.15) is 22.2 Å². The van der Waals surface area contributed by atoms with Gasteiger partial charge in [0.05, 0.1) is 11.6 Å². The fraction of sp³-hybridized carbons (Fsp3) is 0.136. The molecule has 0 spiro atoms. The first kappa shape index (κ1) is 20.4. The molecule has 1 atom stereocenters. The molecule has 1 saturated heterocycles. The highest BCUT2D eigenvalue weighted by atomic mass is 32.1. The van der Waals surface area contributed by atoms with Crippen molar-refractivity contribution in [3.05, 3.63) is 83.2 Å². The fourth-order valence-electron chi connectivity index (χ4n) is 3.30. The summed E-state index contributed by atoms with van der Waals surface area (Å²) in [5.41, 5.74) is 0.981. The first-order chi connectivity index (χ1) is 15.0. The van der Waals surface area contributed by atoms with E-state index in [1.165, 1.54) is 28.6 Å². The first-order valence-electron chi connectivity index (χ1n) is 9.36. The summed E-state index contributed by atoms with van der Waals surface area (Å²) in [7, 11) is 0. The Balaban J connectivity index is 1.86. The van der Waals surface area contributed by atoms with E-state index in [4.69, 9.17) is 4.74 Å². The minimum absolute atomic E-state index is 0.0242. The van der Waals surface area contributed by atoms with E-state index in [0.29, 0.717) is 28.5 Å². The number of aromatic nitrogens is 3. The standard InChI is InChI=1S/C22H18N4O4S/c1-3-12-30-16-6-4-14(5-7-16)18-17(19(27)15-8-10-23-11-9-15)20(28)21(29)26(18)22-25-24-13(2)31-22/h3-11,18,27H,1,12H2,2H3/b19-17+. The number of aryl methyl sites for hydroxylation is 1. The van der Waals surface area contributed by atoms with Gasteiger partial charge < -0.3 is 9.84 Å². The lowest BCUT2D eigenvalue weighted by molar-refractivity contribution is -0.132. The summed E-state index contributed by atoms with van der Waals surface area (Å²) >= 11 is 1.19. The minimum atomic E-state index is -0.867. The van der Waals surface area contributed by atoms with Crippen LogP contribution in [0.4, 0.5) is 5.13 Å². The van der Waals surface area contributed by atoms with Crippen molar-refractivity contribution in [1.82, 2.24) is 15.2 Å². The number of benzene rings is 1. The summed E-state index contributed by atoms with van der Waals surface area (Å²) in [5.74, 6) is -1.23. The Bertz CT molecular complexity index is 1170. The average molecular weight is 434 g/mol. The largest absolute Gasteiger partial charge is 0.507 e. The number of ketones is 1. The number of aliphatic hydroxyl groups excluding tert-OH is 1. The number of aliphatic hydroxyl groups is 1. The third kappa shape index (κ3) is 3.82. The Morgan fingerprint density at radius 3 is 2.52 bits per heavy atom. The van der Waals surface area contributed by atoms with Gasteiger partial charge in [0, 0.05) is 18.0 Å². The molecule has 8 nitrogen and oxygen atoms in total. The second-order valence-corrected chi connectivity index (χ2v) is 7.84. The number of nitrogens with zero attached hydrogens (tertiary/aromatic N) is 4. The molecule has 0 saturated carbocycles. The zero-order valence-corrected chi connectivity index (χ0v) is 17.4. The summed E-state index contributed by atoms with van der Waals surface area (Å²) in [6, 6.07) is 9.23. The van der Waals surface area contributed by atoms with Crippen LogP contribution in [-0.2, 0) is 9.59 Å². The molecule has 9 heteroatoms. The van der Waals surface area contributed by atoms with E-state index in [2.05, 4.69) is 21.8 Å². The Labute approximate surface area is 182 Å². The Morgan fingerprint density at radius 2 is 1.90 bits per heavy atom. The summed E-state index contributed by atoms with van der Waals surface area (Å²) < 4.78 is 5.52. The molecular weight excluding hydrogens is 416 g/mol. The van der Waals surface area contributed by atoms with E-state index in [1.807, 2.05) is 0 Å². The van der Waals surface area contributed by atoms with Gasteiger partial charge in [0.2, 0.25) is 5.13 Å². The van der Waals surface area contributed by atoms with Crippen LogP contribution in [0.2, 0.25) is 0 Å². The van der Waals surface area contributed by atoms with Crippen molar-refractivity contribution in [2.45, 2.75) is 13.0 Å². The molecule has 3 heterocycles. The van der Waals surface area contributed by atoms with Crippen molar-refractivity contribution in [1.29, 1.82) is 0 Å². The molecule has 3 aromatic rings. The molecule has 31 heavy (non-hydrogen) atoms. The molecule has 1 aliphatic heterocycles. The van der Waals surface area contributed by atoms with Gasteiger partial charge in [-0.15, -0.1) is 10.2 Å². The summed E-state index contributed by atoms with van der Waals surface area (Å²) in [5, 5.41) is 19.9. The van der Waals surface area contributed by atoms with Gasteiger partial charge in [-0.2, -0.15) is 0 Å². The van der Waals surface area contributed by atoms with Crippen molar-refractivity contribution >= 4 is 33.9 Å². The molecule has 1 N–H and O–H groups in total. The minimum Gasteiger partial charge on any atom is -0.507 e. The number of carbonyl (C=O) groups is 2. The molecule has 1 aliphatic rings. The maximum absolute atomic E-state index is 13.0. The Kier molecular flexibility index (Phi) is 5.59. The number of Topliss-reactive ketones (excluding diaryl/α,β-unsaturated/α-hetero) is 1. The average Bonchev–Trinajstić information content (AvgIpc) is 3.33. The maximum atomic E-state index is 13.0. The monoisotopic (exact) mass is 434 g/mol. The third-order valence-electron chi connectivity index (χ3n) is 4.68. The van der Waals surface area contributed by atoms with Crippen LogP contribution in [0, 0.1) is 6.92 Å². The Morgan fingerprint density at radius 1 is 1.19 bits per heavy atom. The number of rotatable bonds is 6. The summed E-state index contributed by atoms with van der Waals surface area (Å²) in [4.78, 5) is 31.2. The third-order valence-corrected chi connectivity index (χ3v) is 5.52. The quantitative estimate of drug-likeness (QED) is 0.274. The zero-order valence-electron chi connectivity index (χ0n) is 16.6. The van der Waals surface area contributed by atoms with Gasteiger partial charge in [0.1, 0.15) is 23.1 Å². The van der Waals surface area contributed by atoms with Crippen LogP contribution in [0.15, 0.2) is 67.0 Å². The number of pyridine rings is 1. The fourth-order valence-corrected chi connectivity index (χ4v) is 4.01. The van der Waals surface area contributed by atoms with E-state index in [1.54, 1.807) is 49.4 Å². The van der Waals surface area contributed by atoms with E-state index >= 15 is 0 Å². The molecule has 2 aromatic heterocycles. The predicted molar refractivity (Wildman–Crippen MR) is 116 cm³/mol. The molecule has 0 aliphatic carbocycles. The van der Waals surface area contributed by atoms with E-state index in [9.17, 15) is 14.7 Å². The SMILES string of the molecule is C=CCOc1ccc(C2/C(=C(\O)c3ccncc3)C(=O)C(=O)N2c2nnc(C)s2)cc1. The lowest BCUT2D eigenvalue weighted by Gasteiger charge is -2.22. The van der Waals surface area contributed by atoms with Gasteiger partial charge in [-0.25, -0.2) is 0 Å². The summed E-state index contributed by atoms with van der Waals surface area (Å²) in [6.07, 6.45) is 4.63. The molecule has 1 amide bonds. The van der Waals surface area contributed by atoms with Crippen LogP contribution < -0.4 is 9.64 Å². The van der Waals surface area contributed by atoms with Crippen molar-refractivity contribution in [3.63, 3.8) is 0 Å². The lowest BCUT2D eigenvalue weighted by atomic mass is 9.95. The van der Waals surface area contributed by atoms with Crippen LogP contribution in [-0.4, -0.2) is 38.6 Å². The number of hydrogen-bond acceptors (Lipinski definition) is 8. The number of ether oxygens (including phenoxy) is 1. The van der Waals surface area contributed by atoms with E-state index < -0.39 is 17.7 Å². The number of hydrogen-bond donors (Lipinski definition) is 1. The van der Waals surface area contributed by atoms with Crippen molar-refractivity contribution in [2.24, 2.45) is 0 Å². The van der Waals surface area contributed by atoms with Crippen LogP contribution in [0.3, 0.4) is 0 Å². The highest BCUT2D eigenvalue weighted by molar-refractivity contribution is 7.15. The topological polar surface area (TPSA) is 106 Å². The smallest absolute Gasteiger partial charge is 0.301 e.